The molecular weight excluding hydrogens is 280 g/mol. The fraction of sp³-hybridized carbons (Fsp3) is 0.222. The predicted octanol–water partition coefficient (Wildman–Crippen LogP) is 3.96. The van der Waals surface area contributed by atoms with Gasteiger partial charge in [0.25, 0.3) is 0 Å². The third-order valence-electron chi connectivity index (χ3n) is 3.38. The molecule has 0 saturated carbocycles. The average Bonchev–Trinajstić information content (AvgIpc) is 2.46. The lowest BCUT2D eigenvalue weighted by molar-refractivity contribution is 0.597. The van der Waals surface area contributed by atoms with Crippen LogP contribution in [-0.2, 0) is 16.3 Å². The maximum absolute atomic E-state index is 12.3. The van der Waals surface area contributed by atoms with Crippen molar-refractivity contribution in [3.8, 4) is 0 Å². The van der Waals surface area contributed by atoms with Crippen molar-refractivity contribution in [1.82, 2.24) is 0 Å². The minimum Gasteiger partial charge on any atom is -0.223 e. The van der Waals surface area contributed by atoms with E-state index in [2.05, 4.69) is 6.58 Å². The van der Waals surface area contributed by atoms with Crippen LogP contribution in [0.5, 0.6) is 0 Å². The van der Waals surface area contributed by atoms with Crippen molar-refractivity contribution in [1.29, 1.82) is 0 Å². The molecule has 0 atom stereocenters. The number of hydrogen-bond donors (Lipinski definition) is 0. The molecule has 2 rings (SSSR count). The van der Waals surface area contributed by atoms with Crippen LogP contribution in [0.2, 0.25) is 0 Å². The van der Waals surface area contributed by atoms with Gasteiger partial charge in [-0.2, -0.15) is 0 Å². The highest BCUT2D eigenvalue weighted by atomic mass is 32.2. The zero-order valence-corrected chi connectivity index (χ0v) is 13.1. The Bertz CT molecular complexity index is 699. The second-order valence-corrected chi connectivity index (χ2v) is 7.30. The highest BCUT2D eigenvalue weighted by Gasteiger charge is 2.15. The molecule has 0 saturated heterocycles. The molecule has 2 aromatic rings. The Balaban J connectivity index is 1.97. The van der Waals surface area contributed by atoms with E-state index in [0.717, 1.165) is 17.6 Å². The molecule has 0 fully saturated rings. The van der Waals surface area contributed by atoms with Crippen molar-refractivity contribution in [3.05, 3.63) is 77.9 Å². The Morgan fingerprint density at radius 3 is 2.24 bits per heavy atom. The van der Waals surface area contributed by atoms with Crippen LogP contribution in [0.1, 0.15) is 17.5 Å². The molecule has 0 aliphatic rings. The molecule has 2 aromatic carbocycles. The molecule has 0 radical (unpaired) electrons. The van der Waals surface area contributed by atoms with Crippen molar-refractivity contribution in [2.45, 2.75) is 24.7 Å². The van der Waals surface area contributed by atoms with Crippen LogP contribution >= 0.6 is 0 Å². The van der Waals surface area contributed by atoms with Gasteiger partial charge in [-0.15, -0.1) is 0 Å². The number of hydrogen-bond acceptors (Lipinski definition) is 2. The minimum absolute atomic E-state index is 0.0168. The topological polar surface area (TPSA) is 34.1 Å². The third kappa shape index (κ3) is 4.57. The van der Waals surface area contributed by atoms with E-state index < -0.39 is 9.84 Å². The van der Waals surface area contributed by atoms with Gasteiger partial charge in [0.15, 0.2) is 9.84 Å². The molecular formula is C18H20O2S. The Morgan fingerprint density at radius 2 is 1.62 bits per heavy atom. The van der Waals surface area contributed by atoms with Gasteiger partial charge in [-0.05, 0) is 37.5 Å². The number of aryl methyl sites for hydroxylation is 2. The summed E-state index contributed by atoms with van der Waals surface area (Å²) in [6.07, 6.45) is 1.51. The average molecular weight is 300 g/mol. The van der Waals surface area contributed by atoms with Gasteiger partial charge in [-0.1, -0.05) is 60.2 Å². The lowest BCUT2D eigenvalue weighted by atomic mass is 10.1. The first-order valence-electron chi connectivity index (χ1n) is 6.97. The molecule has 0 aliphatic carbocycles. The van der Waals surface area contributed by atoms with Crippen LogP contribution < -0.4 is 0 Å². The molecule has 3 heteroatoms. The fourth-order valence-corrected chi connectivity index (χ4v) is 3.53. The van der Waals surface area contributed by atoms with Crippen molar-refractivity contribution in [2.24, 2.45) is 0 Å². The molecule has 110 valence electrons. The molecule has 0 spiro atoms. The van der Waals surface area contributed by atoms with Crippen molar-refractivity contribution < 1.29 is 8.42 Å². The quantitative estimate of drug-likeness (QED) is 0.757. The number of sulfone groups is 1. The Morgan fingerprint density at radius 1 is 1.00 bits per heavy atom. The van der Waals surface area contributed by atoms with Gasteiger partial charge in [0, 0.05) is 0 Å². The molecule has 21 heavy (non-hydrogen) atoms. The van der Waals surface area contributed by atoms with Crippen LogP contribution in [0.15, 0.2) is 71.6 Å². The highest BCUT2D eigenvalue weighted by Crippen LogP contribution is 2.17. The third-order valence-corrected chi connectivity index (χ3v) is 5.16. The Hall–Kier alpha value is -1.87. The SMILES string of the molecule is C=C(CCc1ccccc1)CS(=O)(=O)c1ccc(C)cc1. The van der Waals surface area contributed by atoms with E-state index in [4.69, 9.17) is 0 Å². The zero-order valence-electron chi connectivity index (χ0n) is 12.2. The molecule has 0 aromatic heterocycles. The second-order valence-electron chi connectivity index (χ2n) is 5.31. The second kappa shape index (κ2) is 6.72. The molecule has 2 nitrogen and oxygen atoms in total. The van der Waals surface area contributed by atoms with Gasteiger partial charge in [-0.25, -0.2) is 8.42 Å². The summed E-state index contributed by atoms with van der Waals surface area (Å²) in [5.41, 5.74) is 3.00. The van der Waals surface area contributed by atoms with Gasteiger partial charge in [0.1, 0.15) is 0 Å². The van der Waals surface area contributed by atoms with Gasteiger partial charge in [0.05, 0.1) is 10.6 Å². The maximum atomic E-state index is 12.3. The summed E-state index contributed by atoms with van der Waals surface area (Å²) in [7, 11) is -3.28. The number of rotatable bonds is 6. The smallest absolute Gasteiger partial charge is 0.182 e. The predicted molar refractivity (Wildman–Crippen MR) is 87.1 cm³/mol. The molecule has 0 bridgehead atoms. The Labute approximate surface area is 127 Å². The van der Waals surface area contributed by atoms with E-state index in [0.29, 0.717) is 11.3 Å². The number of benzene rings is 2. The molecule has 0 unspecified atom stereocenters. The summed E-state index contributed by atoms with van der Waals surface area (Å²) in [6.45, 7) is 5.86. The maximum Gasteiger partial charge on any atom is 0.182 e. The lowest BCUT2D eigenvalue weighted by Crippen LogP contribution is -2.09. The van der Waals surface area contributed by atoms with E-state index in [9.17, 15) is 8.42 Å². The lowest BCUT2D eigenvalue weighted by Gasteiger charge is -2.08. The first-order valence-corrected chi connectivity index (χ1v) is 8.62. The van der Waals surface area contributed by atoms with Crippen LogP contribution in [0.3, 0.4) is 0 Å². The minimum atomic E-state index is -3.28. The Kier molecular flexibility index (Phi) is 4.97. The summed E-state index contributed by atoms with van der Waals surface area (Å²) in [5, 5.41) is 0. The van der Waals surface area contributed by atoms with Gasteiger partial charge >= 0.3 is 0 Å². The highest BCUT2D eigenvalue weighted by molar-refractivity contribution is 7.91. The van der Waals surface area contributed by atoms with Crippen LogP contribution in [-0.4, -0.2) is 14.2 Å². The summed E-state index contributed by atoms with van der Waals surface area (Å²) in [5.74, 6) is 0.0168. The monoisotopic (exact) mass is 300 g/mol. The molecule has 0 aliphatic heterocycles. The van der Waals surface area contributed by atoms with Crippen molar-refractivity contribution >= 4 is 9.84 Å². The van der Waals surface area contributed by atoms with Crippen molar-refractivity contribution in [3.63, 3.8) is 0 Å². The zero-order chi connectivity index (χ0) is 15.3. The van der Waals surface area contributed by atoms with E-state index in [1.807, 2.05) is 49.4 Å². The summed E-state index contributed by atoms with van der Waals surface area (Å²) in [4.78, 5) is 0.369. The van der Waals surface area contributed by atoms with Crippen LogP contribution in [0.25, 0.3) is 0 Å². The van der Waals surface area contributed by atoms with Gasteiger partial charge < -0.3 is 0 Å². The van der Waals surface area contributed by atoms with E-state index in [-0.39, 0.29) is 5.75 Å². The summed E-state index contributed by atoms with van der Waals surface area (Å²) >= 11 is 0. The van der Waals surface area contributed by atoms with Crippen LogP contribution in [0, 0.1) is 6.92 Å². The summed E-state index contributed by atoms with van der Waals surface area (Å²) < 4.78 is 24.6. The van der Waals surface area contributed by atoms with Crippen LogP contribution in [0.4, 0.5) is 0 Å². The summed E-state index contributed by atoms with van der Waals surface area (Å²) in [6, 6.07) is 17.0. The largest absolute Gasteiger partial charge is 0.223 e. The van der Waals surface area contributed by atoms with E-state index in [1.54, 1.807) is 12.1 Å². The fourth-order valence-electron chi connectivity index (χ4n) is 2.14. The van der Waals surface area contributed by atoms with E-state index in [1.165, 1.54) is 5.56 Å². The standard InChI is InChI=1S/C18H20O2S/c1-15-9-12-18(13-10-15)21(19,20)14-16(2)8-11-17-6-4-3-5-7-17/h3-7,9-10,12-13H,2,8,11,14H2,1H3. The van der Waals surface area contributed by atoms with E-state index >= 15 is 0 Å². The first-order chi connectivity index (χ1) is 9.97. The van der Waals surface area contributed by atoms with Gasteiger partial charge in [-0.3, -0.25) is 0 Å². The first kappa shape index (κ1) is 15.5. The molecule has 0 amide bonds. The van der Waals surface area contributed by atoms with Crippen molar-refractivity contribution in [2.75, 3.05) is 5.75 Å². The van der Waals surface area contributed by atoms with Gasteiger partial charge in [0.2, 0.25) is 0 Å². The molecule has 0 heterocycles. The normalized spacial score (nSPS) is 11.3. The molecule has 0 N–H and O–H groups in total.